The highest BCUT2D eigenvalue weighted by Gasteiger charge is 2.43. The summed E-state index contributed by atoms with van der Waals surface area (Å²) in [7, 11) is 1.65. The monoisotopic (exact) mass is 342 g/mol. The van der Waals surface area contributed by atoms with Gasteiger partial charge < -0.3 is 15.3 Å². The molecule has 3 aromatic rings. The van der Waals surface area contributed by atoms with Crippen molar-refractivity contribution in [3.8, 4) is 5.75 Å². The maximum Gasteiger partial charge on any atom is 0.231 e. The van der Waals surface area contributed by atoms with Gasteiger partial charge in [0.2, 0.25) is 6.54 Å². The molecule has 3 aromatic carbocycles. The fraction of sp³-hybridized carbons (Fsp3) is 0.174. The van der Waals surface area contributed by atoms with Crippen LogP contribution in [0.3, 0.4) is 0 Å². The third-order valence-corrected chi connectivity index (χ3v) is 4.85. The van der Waals surface area contributed by atoms with Crippen LogP contribution >= 0.6 is 0 Å². The van der Waals surface area contributed by atoms with E-state index in [0.717, 1.165) is 22.4 Å². The maximum atomic E-state index is 7.39. The molecule has 0 aromatic heterocycles. The summed E-state index contributed by atoms with van der Waals surface area (Å²) < 4.78 is 5.32. The van der Waals surface area contributed by atoms with Gasteiger partial charge in [-0.15, -0.1) is 0 Å². The van der Waals surface area contributed by atoms with Gasteiger partial charge in [-0.1, -0.05) is 72.8 Å². The van der Waals surface area contributed by atoms with E-state index in [1.807, 2.05) is 60.7 Å². The van der Waals surface area contributed by atoms with Crippen LogP contribution in [-0.4, -0.2) is 19.7 Å². The lowest BCUT2D eigenvalue weighted by Crippen LogP contribution is -2.49. The fourth-order valence-corrected chi connectivity index (χ4v) is 3.63. The molecule has 0 heterocycles. The average Bonchev–Trinajstić information content (AvgIpc) is 2.71. The summed E-state index contributed by atoms with van der Waals surface area (Å²) in [6, 6.07) is 28.0. The smallest absolute Gasteiger partial charge is 0.231 e. The molecule has 0 amide bonds. The molecule has 0 radical (unpaired) electrons. The van der Waals surface area contributed by atoms with Crippen molar-refractivity contribution in [2.24, 2.45) is 5.73 Å². The van der Waals surface area contributed by atoms with Crippen LogP contribution in [0.4, 0.5) is 0 Å². The highest BCUT2D eigenvalue weighted by atomic mass is 16.5. The first-order valence-electron chi connectivity index (χ1n) is 8.58. The Kier molecular flexibility index (Phi) is 5.36. The third-order valence-electron chi connectivity index (χ3n) is 4.85. The molecule has 3 nitrogen and oxygen atoms in total. The highest BCUT2D eigenvalue weighted by molar-refractivity contribution is 5.53. The molecular weight excluding hydrogens is 320 g/mol. The van der Waals surface area contributed by atoms with E-state index in [0.29, 0.717) is 0 Å². The second kappa shape index (κ2) is 7.86. The molecule has 0 saturated carbocycles. The molecule has 0 aliphatic heterocycles. The molecule has 0 spiro atoms. The van der Waals surface area contributed by atoms with E-state index in [1.54, 1.807) is 7.11 Å². The first kappa shape index (κ1) is 17.7. The van der Waals surface area contributed by atoms with Crippen molar-refractivity contribution in [3.63, 3.8) is 0 Å². The molecule has 1 atom stereocenters. The van der Waals surface area contributed by atoms with E-state index < -0.39 is 11.5 Å². The number of nitrogens with two attached hydrogens (primary N) is 1. The summed E-state index contributed by atoms with van der Waals surface area (Å²) in [5, 5.41) is 0. The van der Waals surface area contributed by atoms with Gasteiger partial charge in [-0.3, -0.25) is 0 Å². The van der Waals surface area contributed by atoms with Crippen LogP contribution in [0.2, 0.25) is 0 Å². The van der Waals surface area contributed by atoms with Gasteiger partial charge in [-0.25, -0.2) is 6.57 Å². The Morgan fingerprint density at radius 2 is 1.31 bits per heavy atom. The Morgan fingerprint density at radius 1 is 0.846 bits per heavy atom. The Labute approximate surface area is 154 Å². The van der Waals surface area contributed by atoms with Crippen molar-refractivity contribution in [1.82, 2.24) is 0 Å². The first-order valence-corrected chi connectivity index (χ1v) is 8.58. The molecule has 26 heavy (non-hydrogen) atoms. The predicted molar refractivity (Wildman–Crippen MR) is 105 cm³/mol. The Hall–Kier alpha value is -3.09. The molecule has 0 saturated heterocycles. The summed E-state index contributed by atoms with van der Waals surface area (Å²) >= 11 is 0. The number of benzene rings is 3. The molecule has 130 valence electrons. The van der Waals surface area contributed by atoms with Gasteiger partial charge in [0.15, 0.2) is 0 Å². The van der Waals surface area contributed by atoms with Gasteiger partial charge in [0, 0.05) is 0 Å². The quantitative estimate of drug-likeness (QED) is 0.536. The lowest BCUT2D eigenvalue weighted by atomic mass is 9.65. The summed E-state index contributed by atoms with van der Waals surface area (Å²) in [6.45, 7) is 7.62. The van der Waals surface area contributed by atoms with Gasteiger partial charge >= 0.3 is 0 Å². The predicted octanol–water partition coefficient (Wildman–Crippen LogP) is 4.28. The van der Waals surface area contributed by atoms with Crippen molar-refractivity contribution in [3.05, 3.63) is 113 Å². The number of rotatable bonds is 6. The van der Waals surface area contributed by atoms with Crippen LogP contribution in [0.15, 0.2) is 84.9 Å². The van der Waals surface area contributed by atoms with E-state index in [4.69, 9.17) is 17.0 Å². The summed E-state index contributed by atoms with van der Waals surface area (Å²) in [6.07, 6.45) is 0. The van der Waals surface area contributed by atoms with Crippen LogP contribution in [0.25, 0.3) is 4.85 Å². The lowest BCUT2D eigenvalue weighted by molar-refractivity contribution is 0.414. The van der Waals surface area contributed by atoms with Crippen molar-refractivity contribution in [1.29, 1.82) is 0 Å². The summed E-state index contributed by atoms with van der Waals surface area (Å²) in [5.41, 5.74) is 9.27. The number of hydrogen-bond acceptors (Lipinski definition) is 2. The van der Waals surface area contributed by atoms with Gasteiger partial charge in [0.1, 0.15) is 5.75 Å². The Morgan fingerprint density at radius 3 is 1.73 bits per heavy atom. The minimum absolute atomic E-state index is 0.232. The van der Waals surface area contributed by atoms with Crippen LogP contribution in [0, 0.1) is 6.57 Å². The second-order valence-corrected chi connectivity index (χ2v) is 6.22. The normalized spacial score (nSPS) is 12.2. The van der Waals surface area contributed by atoms with Crippen molar-refractivity contribution >= 4 is 0 Å². The van der Waals surface area contributed by atoms with Gasteiger partial charge in [-0.05, 0) is 28.8 Å². The molecular formula is C23H22N2O. The SMILES string of the molecule is [C-]#[N+]CC(N)C(c1ccccc1)(c1ccccc1)c1ccc(OC)cc1. The van der Waals surface area contributed by atoms with Crippen molar-refractivity contribution < 1.29 is 4.74 Å². The minimum atomic E-state index is -0.612. The first-order chi connectivity index (χ1) is 12.7. The summed E-state index contributed by atoms with van der Waals surface area (Å²) in [4.78, 5) is 3.61. The van der Waals surface area contributed by atoms with Crippen LogP contribution < -0.4 is 10.5 Å². The van der Waals surface area contributed by atoms with Crippen LogP contribution in [-0.2, 0) is 5.41 Å². The highest BCUT2D eigenvalue weighted by Crippen LogP contribution is 2.42. The van der Waals surface area contributed by atoms with Crippen LogP contribution in [0.5, 0.6) is 5.75 Å². The molecule has 2 N–H and O–H groups in total. The molecule has 3 heteroatoms. The molecule has 0 aliphatic rings. The van der Waals surface area contributed by atoms with E-state index in [1.165, 1.54) is 0 Å². The fourth-order valence-electron chi connectivity index (χ4n) is 3.63. The molecule has 0 fully saturated rings. The van der Waals surface area contributed by atoms with Crippen molar-refractivity contribution in [2.75, 3.05) is 13.7 Å². The van der Waals surface area contributed by atoms with Gasteiger partial charge in [0.25, 0.3) is 0 Å². The number of ether oxygens (including phenoxy) is 1. The molecule has 0 aliphatic carbocycles. The lowest BCUT2D eigenvalue weighted by Gasteiger charge is -2.39. The maximum absolute atomic E-state index is 7.39. The topological polar surface area (TPSA) is 39.6 Å². The standard InChI is InChI=1S/C23H22N2O/c1-25-17-22(24)23(18-9-5-3-6-10-18,19-11-7-4-8-12-19)20-13-15-21(26-2)16-14-20/h3-16,22H,17,24H2,2H3. The van der Waals surface area contributed by atoms with E-state index in [-0.39, 0.29) is 6.54 Å². The van der Waals surface area contributed by atoms with E-state index in [9.17, 15) is 0 Å². The zero-order chi connectivity index (χ0) is 18.4. The zero-order valence-electron chi connectivity index (χ0n) is 14.8. The Balaban J connectivity index is 2.32. The number of methoxy groups -OCH3 is 1. The second-order valence-electron chi connectivity index (χ2n) is 6.22. The van der Waals surface area contributed by atoms with Crippen LogP contribution in [0.1, 0.15) is 16.7 Å². The summed E-state index contributed by atoms with van der Waals surface area (Å²) in [5.74, 6) is 0.794. The largest absolute Gasteiger partial charge is 0.497 e. The number of hydrogen-bond donors (Lipinski definition) is 1. The van der Waals surface area contributed by atoms with E-state index in [2.05, 4.69) is 29.1 Å². The van der Waals surface area contributed by atoms with Gasteiger partial charge in [-0.2, -0.15) is 0 Å². The van der Waals surface area contributed by atoms with Crippen molar-refractivity contribution in [2.45, 2.75) is 11.5 Å². The average molecular weight is 342 g/mol. The Bertz CT molecular complexity index is 828. The van der Waals surface area contributed by atoms with Gasteiger partial charge in [0.05, 0.1) is 18.6 Å². The molecule has 1 unspecified atom stereocenters. The van der Waals surface area contributed by atoms with E-state index >= 15 is 0 Å². The minimum Gasteiger partial charge on any atom is -0.497 e. The molecule has 0 bridgehead atoms. The third kappa shape index (κ3) is 3.08. The number of nitrogens with zero attached hydrogens (tertiary/aromatic N) is 1. The zero-order valence-corrected chi connectivity index (χ0v) is 14.8. The molecule has 3 rings (SSSR count).